The number of aliphatic carboxylic acids is 1. The van der Waals surface area contributed by atoms with Gasteiger partial charge in [0.2, 0.25) is 0 Å². The van der Waals surface area contributed by atoms with E-state index in [9.17, 15) is 9.18 Å². The molecule has 0 aromatic heterocycles. The minimum absolute atomic E-state index is 0.147. The Bertz CT molecular complexity index is 411. The van der Waals surface area contributed by atoms with Crippen molar-refractivity contribution in [2.45, 2.75) is 46.0 Å². The van der Waals surface area contributed by atoms with Crippen LogP contribution in [0.5, 0.6) is 0 Å². The van der Waals surface area contributed by atoms with Crippen LogP contribution in [0.2, 0.25) is 0 Å². The van der Waals surface area contributed by atoms with Crippen molar-refractivity contribution in [3.05, 3.63) is 34.6 Å². The Morgan fingerprint density at radius 2 is 2.06 bits per heavy atom. The number of hydrogen-bond donors (Lipinski definition) is 1. The van der Waals surface area contributed by atoms with Crippen LogP contribution < -0.4 is 0 Å². The van der Waals surface area contributed by atoms with Gasteiger partial charge in [-0.05, 0) is 48.4 Å². The van der Waals surface area contributed by atoms with Crippen LogP contribution in [0.1, 0.15) is 49.3 Å². The number of aryl methyl sites for hydroxylation is 2. The summed E-state index contributed by atoms with van der Waals surface area (Å²) in [6, 6.07) is 3.42. The zero-order valence-electron chi connectivity index (χ0n) is 10.6. The summed E-state index contributed by atoms with van der Waals surface area (Å²) in [5.74, 6) is -0.804. The van der Waals surface area contributed by atoms with E-state index in [0.29, 0.717) is 18.4 Å². The molecule has 17 heavy (non-hydrogen) atoms. The summed E-state index contributed by atoms with van der Waals surface area (Å²) in [6.07, 6.45) is 1.45. The molecule has 0 heterocycles. The number of carbonyl (C=O) groups is 1. The smallest absolute Gasteiger partial charge is 0.303 e. The van der Waals surface area contributed by atoms with Crippen LogP contribution in [0.15, 0.2) is 12.1 Å². The second-order valence-corrected chi connectivity index (χ2v) is 4.70. The lowest BCUT2D eigenvalue weighted by molar-refractivity contribution is -0.137. The van der Waals surface area contributed by atoms with E-state index < -0.39 is 5.97 Å². The highest BCUT2D eigenvalue weighted by atomic mass is 19.1. The first-order chi connectivity index (χ1) is 7.91. The normalized spacial score (nSPS) is 10.9. The van der Waals surface area contributed by atoms with E-state index in [0.717, 1.165) is 11.1 Å². The topological polar surface area (TPSA) is 37.3 Å². The van der Waals surface area contributed by atoms with Gasteiger partial charge in [-0.1, -0.05) is 19.9 Å². The highest BCUT2D eigenvalue weighted by molar-refractivity contribution is 5.66. The summed E-state index contributed by atoms with van der Waals surface area (Å²) in [6.45, 7) is 5.77. The first-order valence-corrected chi connectivity index (χ1v) is 5.92. The first-order valence-electron chi connectivity index (χ1n) is 5.92. The molecule has 0 fully saturated rings. The maximum Gasteiger partial charge on any atom is 0.303 e. The van der Waals surface area contributed by atoms with Gasteiger partial charge in [0.25, 0.3) is 0 Å². The molecule has 1 rings (SSSR count). The molecule has 0 atom stereocenters. The second-order valence-electron chi connectivity index (χ2n) is 4.70. The molecule has 0 unspecified atom stereocenters. The minimum atomic E-state index is -0.783. The van der Waals surface area contributed by atoms with E-state index in [1.54, 1.807) is 6.07 Å². The third-order valence-corrected chi connectivity index (χ3v) is 2.91. The maximum atomic E-state index is 13.6. The molecular formula is C14H19FO2. The molecule has 0 aliphatic carbocycles. The highest BCUT2D eigenvalue weighted by Crippen LogP contribution is 2.23. The summed E-state index contributed by atoms with van der Waals surface area (Å²) >= 11 is 0. The molecule has 0 radical (unpaired) electrons. The zero-order chi connectivity index (χ0) is 13.0. The Labute approximate surface area is 101 Å². The van der Waals surface area contributed by atoms with Crippen molar-refractivity contribution in [1.82, 2.24) is 0 Å². The highest BCUT2D eigenvalue weighted by Gasteiger charge is 2.10. The molecule has 1 N–H and O–H groups in total. The van der Waals surface area contributed by atoms with Gasteiger partial charge in [0.05, 0.1) is 0 Å². The molecule has 0 saturated heterocycles. The lowest BCUT2D eigenvalue weighted by atomic mass is 9.94. The fourth-order valence-corrected chi connectivity index (χ4v) is 1.88. The van der Waals surface area contributed by atoms with Crippen molar-refractivity contribution in [1.29, 1.82) is 0 Å². The van der Waals surface area contributed by atoms with Gasteiger partial charge >= 0.3 is 5.97 Å². The molecular weight excluding hydrogens is 219 g/mol. The van der Waals surface area contributed by atoms with E-state index >= 15 is 0 Å². The van der Waals surface area contributed by atoms with Crippen LogP contribution in [0, 0.1) is 12.7 Å². The Balaban J connectivity index is 2.84. The molecule has 1 aromatic carbocycles. The SMILES string of the molecule is Cc1cc(F)c(C(C)C)cc1CCCC(=O)O. The third kappa shape index (κ3) is 3.84. The molecule has 0 bridgehead atoms. The van der Waals surface area contributed by atoms with Crippen molar-refractivity contribution in [3.8, 4) is 0 Å². The predicted molar refractivity (Wildman–Crippen MR) is 65.8 cm³/mol. The predicted octanol–water partition coefficient (Wildman–Crippen LogP) is 3.66. The molecule has 0 saturated carbocycles. The number of benzene rings is 1. The van der Waals surface area contributed by atoms with Gasteiger partial charge in [-0.3, -0.25) is 4.79 Å². The Morgan fingerprint density at radius 3 is 2.59 bits per heavy atom. The van der Waals surface area contributed by atoms with Crippen molar-refractivity contribution in [3.63, 3.8) is 0 Å². The zero-order valence-corrected chi connectivity index (χ0v) is 10.6. The molecule has 1 aromatic rings. The third-order valence-electron chi connectivity index (χ3n) is 2.91. The standard InChI is InChI=1S/C14H19FO2/c1-9(2)12-8-11(5-4-6-14(16)17)10(3)7-13(12)15/h7-9H,4-6H2,1-3H3,(H,16,17). The number of halogens is 1. The van der Waals surface area contributed by atoms with E-state index in [-0.39, 0.29) is 18.2 Å². The van der Waals surface area contributed by atoms with Crippen LogP contribution in [-0.2, 0) is 11.2 Å². The van der Waals surface area contributed by atoms with Crippen molar-refractivity contribution < 1.29 is 14.3 Å². The van der Waals surface area contributed by atoms with E-state index in [1.807, 2.05) is 26.8 Å². The summed E-state index contributed by atoms with van der Waals surface area (Å²) in [7, 11) is 0. The Kier molecular flexibility index (Phi) is 4.67. The number of hydrogen-bond acceptors (Lipinski definition) is 1. The number of carboxylic acids is 1. The Morgan fingerprint density at radius 1 is 1.41 bits per heavy atom. The average molecular weight is 238 g/mol. The molecule has 0 amide bonds. The molecule has 2 nitrogen and oxygen atoms in total. The van der Waals surface area contributed by atoms with Gasteiger partial charge in [0, 0.05) is 6.42 Å². The van der Waals surface area contributed by atoms with Gasteiger partial charge < -0.3 is 5.11 Å². The summed E-state index contributed by atoms with van der Waals surface area (Å²) in [4.78, 5) is 10.4. The van der Waals surface area contributed by atoms with Crippen LogP contribution in [0.3, 0.4) is 0 Å². The minimum Gasteiger partial charge on any atom is -0.481 e. The maximum absolute atomic E-state index is 13.6. The monoisotopic (exact) mass is 238 g/mol. The quantitative estimate of drug-likeness (QED) is 0.849. The fraction of sp³-hybridized carbons (Fsp3) is 0.500. The van der Waals surface area contributed by atoms with Crippen LogP contribution in [-0.4, -0.2) is 11.1 Å². The summed E-state index contributed by atoms with van der Waals surface area (Å²) < 4.78 is 13.6. The molecule has 0 aliphatic heterocycles. The first kappa shape index (κ1) is 13.7. The molecule has 0 spiro atoms. The number of carboxylic acid groups (broad SMARTS) is 1. The van der Waals surface area contributed by atoms with Crippen molar-refractivity contribution in [2.75, 3.05) is 0 Å². The molecule has 3 heteroatoms. The lowest BCUT2D eigenvalue weighted by Crippen LogP contribution is -2.01. The van der Waals surface area contributed by atoms with Crippen LogP contribution in [0.25, 0.3) is 0 Å². The van der Waals surface area contributed by atoms with Crippen LogP contribution in [0.4, 0.5) is 4.39 Å². The van der Waals surface area contributed by atoms with Crippen LogP contribution >= 0.6 is 0 Å². The van der Waals surface area contributed by atoms with E-state index in [2.05, 4.69) is 0 Å². The van der Waals surface area contributed by atoms with Gasteiger partial charge in [-0.15, -0.1) is 0 Å². The van der Waals surface area contributed by atoms with E-state index in [4.69, 9.17) is 5.11 Å². The largest absolute Gasteiger partial charge is 0.481 e. The summed E-state index contributed by atoms with van der Waals surface area (Å²) in [5.41, 5.74) is 2.66. The van der Waals surface area contributed by atoms with Crippen molar-refractivity contribution in [2.24, 2.45) is 0 Å². The van der Waals surface area contributed by atoms with Gasteiger partial charge in [0.1, 0.15) is 5.82 Å². The van der Waals surface area contributed by atoms with Crippen molar-refractivity contribution >= 4 is 5.97 Å². The number of rotatable bonds is 5. The summed E-state index contributed by atoms with van der Waals surface area (Å²) in [5, 5.41) is 8.59. The van der Waals surface area contributed by atoms with E-state index in [1.165, 1.54) is 0 Å². The van der Waals surface area contributed by atoms with Gasteiger partial charge in [-0.2, -0.15) is 0 Å². The molecule has 94 valence electrons. The second kappa shape index (κ2) is 5.80. The fourth-order valence-electron chi connectivity index (χ4n) is 1.88. The van der Waals surface area contributed by atoms with Gasteiger partial charge in [-0.25, -0.2) is 4.39 Å². The average Bonchev–Trinajstić information content (AvgIpc) is 2.20. The molecule has 0 aliphatic rings. The van der Waals surface area contributed by atoms with Gasteiger partial charge in [0.15, 0.2) is 0 Å². The lowest BCUT2D eigenvalue weighted by Gasteiger charge is -2.12. The Hall–Kier alpha value is -1.38.